The zero-order valence-corrected chi connectivity index (χ0v) is 8.96. The molecule has 2 nitrogen and oxygen atoms in total. The Balaban J connectivity index is 2.69. The Hall–Kier alpha value is 0.190. The Morgan fingerprint density at radius 3 is 2.58 bits per heavy atom. The number of benzene rings is 1. The molecule has 0 unspecified atom stereocenters. The monoisotopic (exact) mass is 220 g/mol. The van der Waals surface area contributed by atoms with Crippen LogP contribution in [0, 0.1) is 0 Å². The van der Waals surface area contributed by atoms with Crippen molar-refractivity contribution in [2.45, 2.75) is 14.7 Å². The number of thiol groups is 2. The fourth-order valence-electron chi connectivity index (χ4n) is 0.628. The molecule has 0 amide bonds. The standard InChI is InChI=1S/C7H8O2S3/c1-8-9-12-5-2-3-6(10)7(11)4-5/h2-4,10-11H,1H3. The van der Waals surface area contributed by atoms with E-state index in [0.717, 1.165) is 26.7 Å². The predicted molar refractivity (Wildman–Crippen MR) is 54.9 cm³/mol. The van der Waals surface area contributed by atoms with Crippen LogP contribution in [0.4, 0.5) is 0 Å². The van der Waals surface area contributed by atoms with E-state index < -0.39 is 0 Å². The van der Waals surface area contributed by atoms with Gasteiger partial charge in [-0.2, -0.15) is 4.33 Å². The van der Waals surface area contributed by atoms with Crippen molar-refractivity contribution in [3.05, 3.63) is 18.2 Å². The minimum atomic E-state index is 0.822. The fourth-order valence-corrected chi connectivity index (χ4v) is 1.50. The molecule has 0 aliphatic carbocycles. The van der Waals surface area contributed by atoms with Crippen molar-refractivity contribution >= 4 is 37.3 Å². The predicted octanol–water partition coefficient (Wildman–Crippen LogP) is 2.85. The van der Waals surface area contributed by atoms with Crippen molar-refractivity contribution in [3.8, 4) is 0 Å². The molecule has 0 spiro atoms. The normalized spacial score (nSPS) is 10.2. The van der Waals surface area contributed by atoms with Crippen LogP contribution in [0.1, 0.15) is 0 Å². The summed E-state index contributed by atoms with van der Waals surface area (Å²) in [6, 6.07) is 5.59. The second-order valence-electron chi connectivity index (χ2n) is 1.97. The molecule has 0 saturated carbocycles. The van der Waals surface area contributed by atoms with Crippen molar-refractivity contribution < 1.29 is 9.22 Å². The van der Waals surface area contributed by atoms with Crippen molar-refractivity contribution in [1.82, 2.24) is 0 Å². The maximum atomic E-state index is 4.67. The van der Waals surface area contributed by atoms with Gasteiger partial charge in [-0.15, -0.1) is 25.3 Å². The van der Waals surface area contributed by atoms with Crippen molar-refractivity contribution in [1.29, 1.82) is 0 Å². The first-order valence-electron chi connectivity index (χ1n) is 3.13. The Morgan fingerprint density at radius 2 is 2.00 bits per heavy atom. The first-order chi connectivity index (χ1) is 5.74. The lowest BCUT2D eigenvalue weighted by molar-refractivity contribution is -0.160. The van der Waals surface area contributed by atoms with Crippen LogP contribution >= 0.6 is 37.3 Å². The van der Waals surface area contributed by atoms with Crippen LogP contribution in [0.5, 0.6) is 0 Å². The average Bonchev–Trinajstić information content (AvgIpc) is 2.07. The maximum Gasteiger partial charge on any atom is 0.0725 e. The van der Waals surface area contributed by atoms with E-state index in [9.17, 15) is 0 Å². The molecule has 0 aliphatic heterocycles. The van der Waals surface area contributed by atoms with Crippen LogP contribution in [0.25, 0.3) is 0 Å². The zero-order chi connectivity index (χ0) is 8.97. The fraction of sp³-hybridized carbons (Fsp3) is 0.143. The van der Waals surface area contributed by atoms with Gasteiger partial charge in [-0.25, -0.2) is 4.89 Å². The molecule has 12 heavy (non-hydrogen) atoms. The molecular formula is C7H8O2S3. The van der Waals surface area contributed by atoms with Gasteiger partial charge in [-0.05, 0) is 18.2 Å². The van der Waals surface area contributed by atoms with E-state index in [1.807, 2.05) is 18.2 Å². The molecule has 66 valence electrons. The molecule has 0 bridgehead atoms. The average molecular weight is 220 g/mol. The third-order valence-electron chi connectivity index (χ3n) is 1.15. The molecule has 0 heterocycles. The molecule has 0 fully saturated rings. The van der Waals surface area contributed by atoms with Gasteiger partial charge < -0.3 is 0 Å². The third kappa shape index (κ3) is 2.91. The van der Waals surface area contributed by atoms with E-state index in [1.165, 1.54) is 7.11 Å². The third-order valence-corrected chi connectivity index (χ3v) is 2.73. The second kappa shape index (κ2) is 5.04. The Kier molecular flexibility index (Phi) is 4.31. The Morgan fingerprint density at radius 1 is 1.25 bits per heavy atom. The summed E-state index contributed by atoms with van der Waals surface area (Å²) in [5.74, 6) is 0. The van der Waals surface area contributed by atoms with Gasteiger partial charge in [0.05, 0.1) is 19.2 Å². The van der Waals surface area contributed by atoms with Crippen molar-refractivity contribution in [3.63, 3.8) is 0 Å². The summed E-state index contributed by atoms with van der Waals surface area (Å²) >= 11 is 9.52. The topological polar surface area (TPSA) is 18.5 Å². The number of rotatable bonds is 3. The van der Waals surface area contributed by atoms with Gasteiger partial charge in [0.2, 0.25) is 0 Å². The molecular weight excluding hydrogens is 212 g/mol. The first-order valence-corrected chi connectivity index (χ1v) is 4.77. The van der Waals surface area contributed by atoms with Gasteiger partial charge in [-0.1, -0.05) is 0 Å². The molecule has 5 heteroatoms. The van der Waals surface area contributed by atoms with Crippen LogP contribution in [0.15, 0.2) is 32.9 Å². The smallest absolute Gasteiger partial charge is 0.0725 e. The van der Waals surface area contributed by atoms with Crippen LogP contribution < -0.4 is 0 Å². The van der Waals surface area contributed by atoms with Gasteiger partial charge in [-0.3, -0.25) is 0 Å². The van der Waals surface area contributed by atoms with E-state index >= 15 is 0 Å². The lowest BCUT2D eigenvalue weighted by atomic mass is 10.4. The minimum absolute atomic E-state index is 0.822. The van der Waals surface area contributed by atoms with Crippen LogP contribution in [-0.2, 0) is 9.22 Å². The van der Waals surface area contributed by atoms with E-state index in [0.29, 0.717) is 0 Å². The number of hydrogen-bond donors (Lipinski definition) is 2. The summed E-state index contributed by atoms with van der Waals surface area (Å²) in [5.41, 5.74) is 0. The SMILES string of the molecule is COOSc1ccc(S)c(S)c1. The highest BCUT2D eigenvalue weighted by atomic mass is 32.2. The van der Waals surface area contributed by atoms with E-state index in [1.54, 1.807) is 0 Å². The molecule has 0 radical (unpaired) electrons. The lowest BCUT2D eigenvalue weighted by Gasteiger charge is -2.01. The van der Waals surface area contributed by atoms with E-state index in [2.05, 4.69) is 34.5 Å². The van der Waals surface area contributed by atoms with Gasteiger partial charge in [0, 0.05) is 14.7 Å². The second-order valence-corrected chi connectivity index (χ2v) is 3.71. The Bertz CT molecular complexity index is 265. The summed E-state index contributed by atoms with van der Waals surface area (Å²) in [5, 5.41) is 0. The highest BCUT2D eigenvalue weighted by Gasteiger charge is 1.98. The molecule has 1 aromatic rings. The maximum absolute atomic E-state index is 4.67. The molecule has 1 rings (SSSR count). The molecule has 0 aliphatic rings. The van der Waals surface area contributed by atoms with Gasteiger partial charge in [0.1, 0.15) is 0 Å². The summed E-state index contributed by atoms with van der Waals surface area (Å²) < 4.78 is 4.67. The van der Waals surface area contributed by atoms with Gasteiger partial charge >= 0.3 is 0 Å². The summed E-state index contributed by atoms with van der Waals surface area (Å²) in [7, 11) is 1.46. The summed E-state index contributed by atoms with van der Waals surface area (Å²) in [6.45, 7) is 0. The molecule has 0 N–H and O–H groups in total. The lowest BCUT2D eigenvalue weighted by Crippen LogP contribution is -1.78. The molecule has 1 aromatic carbocycles. The largest absolute Gasteiger partial charge is 0.227 e. The van der Waals surface area contributed by atoms with E-state index in [-0.39, 0.29) is 0 Å². The molecule has 0 aromatic heterocycles. The molecule has 0 atom stereocenters. The summed E-state index contributed by atoms with van der Waals surface area (Å²) in [4.78, 5) is 7.03. The van der Waals surface area contributed by atoms with Gasteiger partial charge in [0.15, 0.2) is 0 Å². The first kappa shape index (κ1) is 10.3. The van der Waals surface area contributed by atoms with Crippen LogP contribution in [-0.4, -0.2) is 7.11 Å². The Labute approximate surface area is 86.6 Å². The number of hydrogen-bond acceptors (Lipinski definition) is 5. The zero-order valence-electron chi connectivity index (χ0n) is 6.35. The van der Waals surface area contributed by atoms with Crippen LogP contribution in [0.3, 0.4) is 0 Å². The van der Waals surface area contributed by atoms with Crippen LogP contribution in [0.2, 0.25) is 0 Å². The summed E-state index contributed by atoms with van der Waals surface area (Å²) in [6.07, 6.45) is 0. The van der Waals surface area contributed by atoms with Gasteiger partial charge in [0.25, 0.3) is 0 Å². The quantitative estimate of drug-likeness (QED) is 0.353. The highest BCUT2D eigenvalue weighted by molar-refractivity contribution is 7.94. The van der Waals surface area contributed by atoms with Crippen molar-refractivity contribution in [2.75, 3.05) is 7.11 Å². The van der Waals surface area contributed by atoms with Crippen molar-refractivity contribution in [2.24, 2.45) is 0 Å². The highest BCUT2D eigenvalue weighted by Crippen LogP contribution is 2.26. The molecule has 0 saturated heterocycles. The van der Waals surface area contributed by atoms with E-state index in [4.69, 9.17) is 0 Å². The minimum Gasteiger partial charge on any atom is -0.227 e.